The van der Waals surface area contributed by atoms with Gasteiger partial charge in [0.25, 0.3) is 5.91 Å². The minimum absolute atomic E-state index is 0.0625. The summed E-state index contributed by atoms with van der Waals surface area (Å²) < 4.78 is 11.3. The van der Waals surface area contributed by atoms with E-state index in [1.54, 1.807) is 41.4 Å². The lowest BCUT2D eigenvalue weighted by molar-refractivity contribution is -0.121. The molecule has 0 spiro atoms. The van der Waals surface area contributed by atoms with Gasteiger partial charge in [-0.1, -0.05) is 35.9 Å². The molecule has 1 aliphatic rings. The zero-order valence-corrected chi connectivity index (χ0v) is 19.6. The number of piperidine rings is 1. The second-order valence-electron chi connectivity index (χ2n) is 8.02. The lowest BCUT2D eigenvalue weighted by Crippen LogP contribution is -2.41. The maximum Gasteiger partial charge on any atom is 0.253 e. The van der Waals surface area contributed by atoms with Crippen molar-refractivity contribution in [2.24, 2.45) is 5.92 Å². The van der Waals surface area contributed by atoms with Crippen LogP contribution in [0.15, 0.2) is 66.9 Å². The Hall–Kier alpha value is -3.58. The van der Waals surface area contributed by atoms with E-state index in [9.17, 15) is 9.59 Å². The molecule has 3 aromatic rings. The zero-order valence-electron chi connectivity index (χ0n) is 18.9. The minimum atomic E-state index is -0.152. The molecule has 2 amide bonds. The van der Waals surface area contributed by atoms with Crippen molar-refractivity contribution < 1.29 is 19.1 Å². The number of halogens is 1. The number of pyridine rings is 1. The number of anilines is 1. The summed E-state index contributed by atoms with van der Waals surface area (Å²) in [7, 11) is 1.54. The molecule has 0 unspecified atom stereocenters. The highest BCUT2D eigenvalue weighted by Crippen LogP contribution is 2.31. The van der Waals surface area contributed by atoms with Crippen LogP contribution in [0.1, 0.15) is 28.8 Å². The number of hydrogen-bond donors (Lipinski definition) is 1. The van der Waals surface area contributed by atoms with Gasteiger partial charge in [-0.15, -0.1) is 0 Å². The number of carbonyl (C=O) groups is 2. The van der Waals surface area contributed by atoms with Crippen LogP contribution in [0.2, 0.25) is 5.02 Å². The van der Waals surface area contributed by atoms with Crippen LogP contribution in [0.3, 0.4) is 0 Å². The smallest absolute Gasteiger partial charge is 0.253 e. The molecule has 8 heteroatoms. The van der Waals surface area contributed by atoms with Crippen molar-refractivity contribution in [2.75, 3.05) is 25.5 Å². The number of likely N-dealkylation sites (tertiary alicyclic amines) is 1. The molecular formula is C26H26ClN3O4. The first-order chi connectivity index (χ1) is 16.5. The van der Waals surface area contributed by atoms with Gasteiger partial charge >= 0.3 is 0 Å². The van der Waals surface area contributed by atoms with Crippen molar-refractivity contribution in [3.8, 4) is 11.5 Å². The van der Waals surface area contributed by atoms with Crippen LogP contribution >= 0.6 is 11.6 Å². The minimum Gasteiger partial charge on any atom is -0.493 e. The Balaban J connectivity index is 1.34. The summed E-state index contributed by atoms with van der Waals surface area (Å²) in [6.45, 7) is 1.30. The van der Waals surface area contributed by atoms with Gasteiger partial charge in [-0.25, -0.2) is 4.98 Å². The Morgan fingerprint density at radius 2 is 1.82 bits per heavy atom. The largest absolute Gasteiger partial charge is 0.493 e. The van der Waals surface area contributed by atoms with Gasteiger partial charge < -0.3 is 19.7 Å². The predicted molar refractivity (Wildman–Crippen MR) is 130 cm³/mol. The van der Waals surface area contributed by atoms with Crippen molar-refractivity contribution >= 4 is 29.2 Å². The fraction of sp³-hybridized carbons (Fsp3) is 0.269. The normalized spacial score (nSPS) is 13.9. The molecule has 1 fully saturated rings. The number of methoxy groups -OCH3 is 1. The van der Waals surface area contributed by atoms with E-state index < -0.39 is 0 Å². The van der Waals surface area contributed by atoms with Crippen LogP contribution in [0, 0.1) is 5.92 Å². The van der Waals surface area contributed by atoms with Crippen LogP contribution in [0.25, 0.3) is 0 Å². The maximum atomic E-state index is 13.1. The molecule has 176 valence electrons. The van der Waals surface area contributed by atoms with E-state index in [4.69, 9.17) is 21.1 Å². The number of carbonyl (C=O) groups excluding carboxylic acids is 2. The number of ether oxygens (including phenoxy) is 2. The molecule has 1 saturated heterocycles. The molecule has 0 saturated carbocycles. The summed E-state index contributed by atoms with van der Waals surface area (Å²) in [4.78, 5) is 31.5. The fourth-order valence-corrected chi connectivity index (χ4v) is 4.07. The van der Waals surface area contributed by atoms with Crippen molar-refractivity contribution in [3.05, 3.63) is 83.0 Å². The van der Waals surface area contributed by atoms with Crippen molar-refractivity contribution in [2.45, 2.75) is 19.4 Å². The van der Waals surface area contributed by atoms with Crippen LogP contribution in [0.4, 0.5) is 5.82 Å². The highest BCUT2D eigenvalue weighted by atomic mass is 35.5. The molecule has 1 aliphatic heterocycles. The molecule has 7 nitrogen and oxygen atoms in total. The molecular weight excluding hydrogens is 454 g/mol. The maximum absolute atomic E-state index is 13.1. The average Bonchev–Trinajstić information content (AvgIpc) is 2.88. The van der Waals surface area contributed by atoms with Gasteiger partial charge in [0, 0.05) is 41.4 Å². The van der Waals surface area contributed by atoms with Gasteiger partial charge in [-0.05, 0) is 49.2 Å². The van der Waals surface area contributed by atoms with E-state index in [-0.39, 0.29) is 24.3 Å². The molecule has 0 aliphatic carbocycles. The number of rotatable bonds is 7. The summed E-state index contributed by atoms with van der Waals surface area (Å²) in [5.41, 5.74) is 1.37. The third-order valence-electron chi connectivity index (χ3n) is 5.82. The van der Waals surface area contributed by atoms with Crippen LogP contribution in [0.5, 0.6) is 11.5 Å². The number of nitrogens with one attached hydrogen (secondary N) is 1. The fourth-order valence-electron chi connectivity index (χ4n) is 3.88. The van der Waals surface area contributed by atoms with Gasteiger partial charge in [0.15, 0.2) is 11.5 Å². The van der Waals surface area contributed by atoms with Gasteiger partial charge in [0.2, 0.25) is 5.91 Å². The SMILES string of the molecule is COc1cc(C(=O)N2CCC(C(=O)Nc3ccccn3)CC2)ccc1OCc1ccccc1Cl. The first-order valence-electron chi connectivity index (χ1n) is 11.1. The second kappa shape index (κ2) is 11.0. The van der Waals surface area contributed by atoms with Crippen LogP contribution in [-0.2, 0) is 11.4 Å². The first kappa shape index (κ1) is 23.6. The third kappa shape index (κ3) is 5.66. The summed E-state index contributed by atoms with van der Waals surface area (Å²) in [5.74, 6) is 1.23. The van der Waals surface area contributed by atoms with Crippen molar-refractivity contribution in [3.63, 3.8) is 0 Å². The molecule has 2 aromatic carbocycles. The average molecular weight is 480 g/mol. The third-order valence-corrected chi connectivity index (χ3v) is 6.19. The number of aromatic nitrogens is 1. The van der Waals surface area contributed by atoms with Crippen LogP contribution < -0.4 is 14.8 Å². The highest BCUT2D eigenvalue weighted by molar-refractivity contribution is 6.31. The predicted octanol–water partition coefficient (Wildman–Crippen LogP) is 4.81. The Morgan fingerprint density at radius 3 is 2.53 bits per heavy atom. The lowest BCUT2D eigenvalue weighted by atomic mass is 9.95. The summed E-state index contributed by atoms with van der Waals surface area (Å²) >= 11 is 6.20. The molecule has 0 bridgehead atoms. The molecule has 1 N–H and O–H groups in total. The monoisotopic (exact) mass is 479 g/mol. The van der Waals surface area contributed by atoms with Crippen LogP contribution in [-0.4, -0.2) is 41.9 Å². The Morgan fingerprint density at radius 1 is 1.06 bits per heavy atom. The molecule has 1 aromatic heterocycles. The van der Waals surface area contributed by atoms with Crippen molar-refractivity contribution in [1.82, 2.24) is 9.88 Å². The van der Waals surface area contributed by atoms with E-state index in [0.29, 0.717) is 53.8 Å². The quantitative estimate of drug-likeness (QED) is 0.525. The molecule has 0 atom stereocenters. The van der Waals surface area contributed by atoms with E-state index in [1.165, 1.54) is 7.11 Å². The van der Waals surface area contributed by atoms with E-state index >= 15 is 0 Å². The Kier molecular flexibility index (Phi) is 7.65. The van der Waals surface area contributed by atoms with E-state index in [0.717, 1.165) is 5.56 Å². The van der Waals surface area contributed by atoms with Gasteiger partial charge in [0.05, 0.1) is 7.11 Å². The number of hydrogen-bond acceptors (Lipinski definition) is 5. The molecule has 0 radical (unpaired) electrons. The Bertz CT molecular complexity index is 1150. The second-order valence-corrected chi connectivity index (χ2v) is 8.42. The topological polar surface area (TPSA) is 80.8 Å². The zero-order chi connectivity index (χ0) is 23.9. The molecule has 2 heterocycles. The molecule has 4 rings (SSSR count). The number of amides is 2. The summed E-state index contributed by atoms with van der Waals surface area (Å²) in [6.07, 6.45) is 2.83. The van der Waals surface area contributed by atoms with E-state index in [2.05, 4.69) is 10.3 Å². The lowest BCUT2D eigenvalue weighted by Gasteiger charge is -2.31. The summed E-state index contributed by atoms with van der Waals surface area (Å²) in [6, 6.07) is 18.0. The standard InChI is InChI=1S/C26H26ClN3O4/c1-33-23-16-19(9-10-22(23)34-17-20-6-2-3-7-21(20)27)26(32)30-14-11-18(12-15-30)25(31)29-24-8-4-5-13-28-24/h2-10,13,16,18H,11-12,14-15,17H2,1H3,(H,28,29,31). The first-order valence-corrected chi connectivity index (χ1v) is 11.5. The van der Waals surface area contributed by atoms with Crippen molar-refractivity contribution in [1.29, 1.82) is 0 Å². The van der Waals surface area contributed by atoms with Gasteiger partial charge in [0.1, 0.15) is 12.4 Å². The number of benzene rings is 2. The molecule has 34 heavy (non-hydrogen) atoms. The van der Waals surface area contributed by atoms with E-state index in [1.807, 2.05) is 30.3 Å². The summed E-state index contributed by atoms with van der Waals surface area (Å²) in [5, 5.41) is 3.47. The highest BCUT2D eigenvalue weighted by Gasteiger charge is 2.28. The van der Waals surface area contributed by atoms with Gasteiger partial charge in [-0.3, -0.25) is 9.59 Å². The number of nitrogens with zero attached hydrogens (tertiary/aromatic N) is 2. The van der Waals surface area contributed by atoms with Gasteiger partial charge in [-0.2, -0.15) is 0 Å². The Labute approximate surface area is 203 Å².